The maximum Gasteiger partial charge on any atom is 0.252 e. The molecule has 0 aromatic heterocycles. The van der Waals surface area contributed by atoms with Crippen molar-refractivity contribution >= 4 is 44.1 Å². The number of aryl methyl sites for hydroxylation is 1. The van der Waals surface area contributed by atoms with Gasteiger partial charge in [-0.25, -0.2) is 4.21 Å². The maximum absolute atomic E-state index is 13.1. The van der Waals surface area contributed by atoms with Gasteiger partial charge in [0.25, 0.3) is 5.91 Å². The monoisotopic (exact) mass is 465 g/mol. The Labute approximate surface area is 194 Å². The molecule has 0 fully saturated rings. The van der Waals surface area contributed by atoms with Crippen LogP contribution in [0.25, 0.3) is 10.8 Å². The van der Waals surface area contributed by atoms with E-state index in [0.29, 0.717) is 15.4 Å². The molecule has 3 aromatic carbocycles. The fourth-order valence-electron chi connectivity index (χ4n) is 3.83. The number of amides is 3. The van der Waals surface area contributed by atoms with Crippen LogP contribution < -0.4 is 5.32 Å². The van der Waals surface area contributed by atoms with E-state index in [0.717, 1.165) is 30.2 Å². The van der Waals surface area contributed by atoms with Crippen molar-refractivity contribution < 1.29 is 18.6 Å². The van der Waals surface area contributed by atoms with Crippen LogP contribution in [0.4, 0.5) is 5.69 Å². The molecule has 3 aromatic rings. The second-order valence-corrected chi connectivity index (χ2v) is 10.0. The van der Waals surface area contributed by atoms with Crippen molar-refractivity contribution in [1.82, 2.24) is 9.62 Å². The SMILES string of the molecule is CC(=O)N(C(C)=O)S(C)(=O)=Nc1ccc(C)c(C(=O)N[C@H](C)c2cccc3ccccc23)c1. The summed E-state index contributed by atoms with van der Waals surface area (Å²) >= 11 is 0. The molecule has 7 nitrogen and oxygen atoms in total. The second-order valence-electron chi connectivity index (χ2n) is 7.95. The lowest BCUT2D eigenvalue weighted by molar-refractivity contribution is -0.135. The smallest absolute Gasteiger partial charge is 0.252 e. The number of imide groups is 1. The van der Waals surface area contributed by atoms with Crippen LogP contribution in [0.5, 0.6) is 0 Å². The summed E-state index contributed by atoms with van der Waals surface area (Å²) in [6, 6.07) is 18.5. The van der Waals surface area contributed by atoms with Gasteiger partial charge in [-0.2, -0.15) is 8.67 Å². The fraction of sp³-hybridized carbons (Fsp3) is 0.240. The molecule has 0 bridgehead atoms. The Morgan fingerprint density at radius 2 is 1.61 bits per heavy atom. The molecule has 0 aliphatic heterocycles. The number of benzene rings is 3. The van der Waals surface area contributed by atoms with Gasteiger partial charge in [-0.15, -0.1) is 0 Å². The largest absolute Gasteiger partial charge is 0.345 e. The van der Waals surface area contributed by atoms with E-state index in [-0.39, 0.29) is 17.6 Å². The number of nitrogens with one attached hydrogen (secondary N) is 1. The highest BCUT2D eigenvalue weighted by atomic mass is 32.2. The topological polar surface area (TPSA) is 95.9 Å². The molecular formula is C25H27N3O4S. The predicted octanol–water partition coefficient (Wildman–Crippen LogP) is 4.68. The third-order valence-electron chi connectivity index (χ3n) is 5.29. The lowest BCUT2D eigenvalue weighted by Crippen LogP contribution is -2.37. The van der Waals surface area contributed by atoms with Gasteiger partial charge in [0.2, 0.25) is 11.8 Å². The van der Waals surface area contributed by atoms with Gasteiger partial charge < -0.3 is 5.32 Å². The first-order valence-corrected chi connectivity index (χ1v) is 12.3. The highest BCUT2D eigenvalue weighted by Crippen LogP contribution is 2.26. The summed E-state index contributed by atoms with van der Waals surface area (Å²) in [5.74, 6) is -1.62. The molecule has 2 atom stereocenters. The lowest BCUT2D eigenvalue weighted by Gasteiger charge is -2.19. The molecule has 33 heavy (non-hydrogen) atoms. The van der Waals surface area contributed by atoms with Crippen molar-refractivity contribution in [2.45, 2.75) is 33.7 Å². The van der Waals surface area contributed by atoms with Gasteiger partial charge in [0, 0.05) is 25.7 Å². The number of hydrogen-bond donors (Lipinski definition) is 1. The Hall–Kier alpha value is -3.52. The molecule has 3 amide bonds. The van der Waals surface area contributed by atoms with E-state index in [9.17, 15) is 18.6 Å². The van der Waals surface area contributed by atoms with Crippen LogP contribution in [0, 0.1) is 6.92 Å². The van der Waals surface area contributed by atoms with Gasteiger partial charge in [-0.1, -0.05) is 48.5 Å². The van der Waals surface area contributed by atoms with Crippen LogP contribution in [0.2, 0.25) is 0 Å². The Kier molecular flexibility index (Phi) is 6.98. The van der Waals surface area contributed by atoms with E-state index in [2.05, 4.69) is 9.68 Å². The molecule has 0 aliphatic rings. The number of rotatable bonds is 5. The maximum atomic E-state index is 13.1. The summed E-state index contributed by atoms with van der Waals surface area (Å²) in [6.07, 6.45) is 1.22. The number of carbonyl (C=O) groups excluding carboxylic acids is 3. The quantitative estimate of drug-likeness (QED) is 0.592. The van der Waals surface area contributed by atoms with Gasteiger partial charge in [0.15, 0.2) is 0 Å². The van der Waals surface area contributed by atoms with Gasteiger partial charge in [0.1, 0.15) is 9.92 Å². The molecule has 0 aliphatic carbocycles. The van der Waals surface area contributed by atoms with Crippen LogP contribution >= 0.6 is 0 Å². The van der Waals surface area contributed by atoms with Crippen LogP contribution in [-0.2, 0) is 19.5 Å². The molecule has 0 spiro atoms. The molecule has 3 rings (SSSR count). The number of hydrogen-bond acceptors (Lipinski definition) is 5. The van der Waals surface area contributed by atoms with Crippen molar-refractivity contribution in [1.29, 1.82) is 0 Å². The van der Waals surface area contributed by atoms with Gasteiger partial charge >= 0.3 is 0 Å². The summed E-state index contributed by atoms with van der Waals surface area (Å²) in [4.78, 5) is 36.7. The van der Waals surface area contributed by atoms with Crippen molar-refractivity contribution in [2.24, 2.45) is 4.36 Å². The van der Waals surface area contributed by atoms with Crippen molar-refractivity contribution in [2.75, 3.05) is 6.26 Å². The molecule has 1 unspecified atom stereocenters. The zero-order valence-corrected chi connectivity index (χ0v) is 20.1. The van der Waals surface area contributed by atoms with Crippen LogP contribution in [-0.4, -0.2) is 32.5 Å². The first-order valence-electron chi connectivity index (χ1n) is 10.4. The highest BCUT2D eigenvalue weighted by Gasteiger charge is 2.23. The third-order valence-corrected chi connectivity index (χ3v) is 7.03. The summed E-state index contributed by atoms with van der Waals surface area (Å²) in [5, 5.41) is 5.18. The predicted molar refractivity (Wildman–Crippen MR) is 130 cm³/mol. The number of nitrogens with zero attached hydrogens (tertiary/aromatic N) is 2. The summed E-state index contributed by atoms with van der Waals surface area (Å²) in [5.41, 5.74) is 2.32. The van der Waals surface area contributed by atoms with E-state index in [1.54, 1.807) is 19.1 Å². The van der Waals surface area contributed by atoms with Crippen LogP contribution in [0.15, 0.2) is 65.0 Å². The van der Waals surface area contributed by atoms with Crippen molar-refractivity contribution in [3.63, 3.8) is 0 Å². The van der Waals surface area contributed by atoms with E-state index in [1.807, 2.05) is 49.4 Å². The average Bonchev–Trinajstić information content (AvgIpc) is 2.73. The number of carbonyl (C=O) groups is 3. The molecule has 1 N–H and O–H groups in total. The molecule has 172 valence electrons. The van der Waals surface area contributed by atoms with E-state index < -0.39 is 21.7 Å². The standard InChI is InChI=1S/C25H27N3O4S/c1-16-13-14-21(27-33(5,32)28(18(3)29)19(4)30)15-24(16)25(31)26-17(2)22-12-8-10-20-9-6-7-11-23(20)22/h6-15,17H,1-5H3,(H,26,31)/t17-,33?/m1/s1. The third kappa shape index (κ3) is 5.28. The fourth-order valence-corrected chi connectivity index (χ4v) is 5.37. The minimum atomic E-state index is -3.34. The highest BCUT2D eigenvalue weighted by molar-refractivity contribution is 7.91. The first kappa shape index (κ1) is 24.1. The summed E-state index contributed by atoms with van der Waals surface area (Å²) in [7, 11) is -3.34. The van der Waals surface area contributed by atoms with Crippen molar-refractivity contribution in [3.8, 4) is 0 Å². The Balaban J connectivity index is 1.93. The Morgan fingerprint density at radius 1 is 0.970 bits per heavy atom. The summed E-state index contributed by atoms with van der Waals surface area (Å²) in [6.45, 7) is 6.02. The van der Waals surface area contributed by atoms with E-state index in [1.165, 1.54) is 12.3 Å². The second kappa shape index (κ2) is 9.54. The Bertz CT molecular complexity index is 1350. The van der Waals surface area contributed by atoms with Crippen LogP contribution in [0.1, 0.15) is 48.3 Å². The zero-order chi connectivity index (χ0) is 24.3. The molecule has 0 saturated heterocycles. The van der Waals surface area contributed by atoms with Crippen molar-refractivity contribution in [3.05, 3.63) is 77.4 Å². The minimum absolute atomic E-state index is 0.239. The van der Waals surface area contributed by atoms with Gasteiger partial charge in [-0.05, 0) is 47.9 Å². The minimum Gasteiger partial charge on any atom is -0.345 e. The molecular weight excluding hydrogens is 438 g/mol. The first-order chi connectivity index (χ1) is 15.5. The lowest BCUT2D eigenvalue weighted by atomic mass is 9.99. The zero-order valence-electron chi connectivity index (χ0n) is 19.3. The normalized spacial score (nSPS) is 13.6. The molecule has 0 saturated carbocycles. The molecule has 0 heterocycles. The van der Waals surface area contributed by atoms with Gasteiger partial charge in [-0.3, -0.25) is 14.4 Å². The molecule has 0 radical (unpaired) electrons. The Morgan fingerprint density at radius 3 is 2.27 bits per heavy atom. The van der Waals surface area contributed by atoms with Crippen LogP contribution in [0.3, 0.4) is 0 Å². The van der Waals surface area contributed by atoms with E-state index in [4.69, 9.17) is 0 Å². The summed E-state index contributed by atoms with van der Waals surface area (Å²) < 4.78 is 17.8. The molecule has 8 heteroatoms. The van der Waals surface area contributed by atoms with E-state index >= 15 is 0 Å². The van der Waals surface area contributed by atoms with Gasteiger partial charge in [0.05, 0.1) is 11.7 Å². The average molecular weight is 466 g/mol. The number of fused-ring (bicyclic) bond motifs is 1.